The van der Waals surface area contributed by atoms with E-state index in [1.807, 2.05) is 0 Å². The normalized spacial score (nSPS) is 17.0. The molecule has 1 aliphatic rings. The zero-order valence-electron chi connectivity index (χ0n) is 14.5. The highest BCUT2D eigenvalue weighted by molar-refractivity contribution is 5.20. The molecule has 3 heteroatoms. The van der Waals surface area contributed by atoms with Crippen LogP contribution in [0.5, 0.6) is 0 Å². The van der Waals surface area contributed by atoms with Gasteiger partial charge >= 0.3 is 0 Å². The minimum Gasteiger partial charge on any atom is -0.463 e. The second-order valence-electron chi connectivity index (χ2n) is 7.42. The van der Waals surface area contributed by atoms with Gasteiger partial charge in [-0.2, -0.15) is 0 Å². The minimum atomic E-state index is 0.124. The Morgan fingerprint density at radius 2 is 1.95 bits per heavy atom. The molecule has 0 aliphatic heterocycles. The van der Waals surface area contributed by atoms with E-state index >= 15 is 0 Å². The topological polar surface area (TPSA) is 28.4 Å². The summed E-state index contributed by atoms with van der Waals surface area (Å²) in [4.78, 5) is 2.58. The molecule has 120 valence electrons. The van der Waals surface area contributed by atoms with Crippen molar-refractivity contribution in [2.45, 2.75) is 85.0 Å². The lowest BCUT2D eigenvalue weighted by Crippen LogP contribution is -2.35. The van der Waals surface area contributed by atoms with Crippen LogP contribution in [0.25, 0.3) is 0 Å². The van der Waals surface area contributed by atoms with Crippen molar-refractivity contribution in [3.63, 3.8) is 0 Å². The maximum Gasteiger partial charge on any atom is 0.120 e. The Hall–Kier alpha value is -0.800. The molecule has 21 heavy (non-hydrogen) atoms. The molecule has 0 spiro atoms. The molecule has 0 atom stereocenters. The molecule has 3 nitrogen and oxygen atoms in total. The summed E-state index contributed by atoms with van der Waals surface area (Å²) in [5, 5.41) is 3.51. The van der Waals surface area contributed by atoms with Crippen LogP contribution in [-0.4, -0.2) is 23.0 Å². The van der Waals surface area contributed by atoms with Gasteiger partial charge in [0.2, 0.25) is 0 Å². The number of nitrogens with one attached hydrogen (secondary N) is 1. The number of rotatable bonds is 6. The molecule has 0 saturated heterocycles. The fraction of sp³-hybridized carbons (Fsp3) is 0.778. The number of hydrogen-bond acceptors (Lipinski definition) is 3. The minimum absolute atomic E-state index is 0.124. The smallest absolute Gasteiger partial charge is 0.120 e. The van der Waals surface area contributed by atoms with E-state index in [-0.39, 0.29) is 5.54 Å². The second-order valence-corrected chi connectivity index (χ2v) is 7.42. The Balaban J connectivity index is 1.97. The van der Waals surface area contributed by atoms with Crippen molar-refractivity contribution < 1.29 is 4.42 Å². The lowest BCUT2D eigenvalue weighted by Gasteiger charge is -2.26. The van der Waals surface area contributed by atoms with Gasteiger partial charge in [0.1, 0.15) is 11.5 Å². The van der Waals surface area contributed by atoms with Gasteiger partial charge in [0.25, 0.3) is 0 Å². The molecule has 0 radical (unpaired) electrons. The van der Waals surface area contributed by atoms with Crippen LogP contribution < -0.4 is 5.32 Å². The first-order valence-corrected chi connectivity index (χ1v) is 8.46. The fourth-order valence-corrected chi connectivity index (χ4v) is 3.16. The van der Waals surface area contributed by atoms with Crippen molar-refractivity contribution in [2.24, 2.45) is 0 Å². The molecule has 1 saturated carbocycles. The van der Waals surface area contributed by atoms with Gasteiger partial charge in [-0.25, -0.2) is 0 Å². The molecular formula is C18H32N2O. The van der Waals surface area contributed by atoms with Crippen LogP contribution in [0.2, 0.25) is 0 Å². The summed E-state index contributed by atoms with van der Waals surface area (Å²) in [6.45, 7) is 13.8. The summed E-state index contributed by atoms with van der Waals surface area (Å²) in [6, 6.07) is 2.98. The van der Waals surface area contributed by atoms with Gasteiger partial charge in [0.05, 0.1) is 13.1 Å². The summed E-state index contributed by atoms with van der Waals surface area (Å²) < 4.78 is 6.10. The van der Waals surface area contributed by atoms with Crippen molar-refractivity contribution in [3.05, 3.63) is 23.2 Å². The van der Waals surface area contributed by atoms with Gasteiger partial charge in [0, 0.05) is 11.6 Å². The van der Waals surface area contributed by atoms with Crippen molar-refractivity contribution >= 4 is 0 Å². The Labute approximate surface area is 130 Å². The summed E-state index contributed by atoms with van der Waals surface area (Å²) >= 11 is 0. The quantitative estimate of drug-likeness (QED) is 0.850. The summed E-state index contributed by atoms with van der Waals surface area (Å²) in [6.07, 6.45) is 5.48. The maximum atomic E-state index is 6.10. The van der Waals surface area contributed by atoms with E-state index in [0.29, 0.717) is 0 Å². The summed E-state index contributed by atoms with van der Waals surface area (Å²) in [7, 11) is 0. The van der Waals surface area contributed by atoms with Gasteiger partial charge in [-0.1, -0.05) is 19.8 Å². The van der Waals surface area contributed by atoms with Crippen LogP contribution in [0.15, 0.2) is 10.5 Å². The molecule has 0 aromatic carbocycles. The van der Waals surface area contributed by atoms with E-state index in [9.17, 15) is 0 Å². The highest BCUT2D eigenvalue weighted by atomic mass is 16.3. The van der Waals surface area contributed by atoms with Crippen LogP contribution in [0.4, 0.5) is 0 Å². The van der Waals surface area contributed by atoms with Gasteiger partial charge in [-0.15, -0.1) is 0 Å². The zero-order chi connectivity index (χ0) is 15.5. The predicted octanol–water partition coefficient (Wildman–Crippen LogP) is 4.24. The van der Waals surface area contributed by atoms with Gasteiger partial charge < -0.3 is 9.73 Å². The van der Waals surface area contributed by atoms with Gasteiger partial charge in [0.15, 0.2) is 0 Å². The van der Waals surface area contributed by atoms with Crippen LogP contribution >= 0.6 is 0 Å². The van der Waals surface area contributed by atoms with Crippen molar-refractivity contribution in [2.75, 3.05) is 6.54 Å². The third kappa shape index (κ3) is 4.86. The van der Waals surface area contributed by atoms with Gasteiger partial charge in [-0.05, 0) is 58.7 Å². The van der Waals surface area contributed by atoms with E-state index < -0.39 is 0 Å². The SMILES string of the molecule is CCN(Cc1cc(C)c(CNC(C)(C)C)o1)C1CCCC1. The van der Waals surface area contributed by atoms with Gasteiger partial charge in [-0.3, -0.25) is 4.90 Å². The lowest BCUT2D eigenvalue weighted by atomic mass is 10.1. The summed E-state index contributed by atoms with van der Waals surface area (Å²) in [5.74, 6) is 2.20. The largest absolute Gasteiger partial charge is 0.463 e. The van der Waals surface area contributed by atoms with E-state index in [1.54, 1.807) is 0 Å². The molecule has 1 aromatic rings. The first-order chi connectivity index (χ1) is 9.89. The standard InChI is InChI=1S/C18H32N2O/c1-6-20(15-9-7-8-10-15)13-16-11-14(2)17(21-16)12-19-18(3,4)5/h11,15,19H,6-10,12-13H2,1-5H3. The van der Waals surface area contributed by atoms with Crippen molar-refractivity contribution in [1.29, 1.82) is 0 Å². The van der Waals surface area contributed by atoms with Crippen molar-refractivity contribution in [3.8, 4) is 0 Å². The highest BCUT2D eigenvalue weighted by Crippen LogP contribution is 2.26. The van der Waals surface area contributed by atoms with E-state index in [4.69, 9.17) is 4.42 Å². The molecule has 0 bridgehead atoms. The number of hydrogen-bond donors (Lipinski definition) is 1. The molecular weight excluding hydrogens is 260 g/mol. The first-order valence-electron chi connectivity index (χ1n) is 8.46. The molecule has 1 N–H and O–H groups in total. The summed E-state index contributed by atoms with van der Waals surface area (Å²) in [5.41, 5.74) is 1.39. The molecule has 0 unspecified atom stereocenters. The molecule has 1 aliphatic carbocycles. The first kappa shape index (κ1) is 16.6. The van der Waals surface area contributed by atoms with Crippen LogP contribution in [0.1, 0.15) is 70.5 Å². The fourth-order valence-electron chi connectivity index (χ4n) is 3.16. The molecule has 1 aromatic heterocycles. The Morgan fingerprint density at radius 3 is 2.52 bits per heavy atom. The number of aryl methyl sites for hydroxylation is 1. The monoisotopic (exact) mass is 292 g/mol. The van der Waals surface area contributed by atoms with E-state index in [1.165, 1.54) is 31.2 Å². The average Bonchev–Trinajstić information content (AvgIpc) is 3.02. The van der Waals surface area contributed by atoms with Crippen molar-refractivity contribution in [1.82, 2.24) is 10.2 Å². The lowest BCUT2D eigenvalue weighted by molar-refractivity contribution is 0.183. The number of furan rings is 1. The van der Waals surface area contributed by atoms with E-state index in [0.717, 1.165) is 37.2 Å². The molecule has 0 amide bonds. The Bertz CT molecular complexity index is 439. The average molecular weight is 292 g/mol. The Kier molecular flexibility index (Phi) is 5.50. The predicted molar refractivity (Wildman–Crippen MR) is 88.4 cm³/mol. The molecule has 1 fully saturated rings. The molecule has 1 heterocycles. The second kappa shape index (κ2) is 6.97. The number of nitrogens with zero attached hydrogens (tertiary/aromatic N) is 1. The zero-order valence-corrected chi connectivity index (χ0v) is 14.5. The third-order valence-corrected chi connectivity index (χ3v) is 4.46. The highest BCUT2D eigenvalue weighted by Gasteiger charge is 2.22. The van der Waals surface area contributed by atoms with Crippen LogP contribution in [0.3, 0.4) is 0 Å². The third-order valence-electron chi connectivity index (χ3n) is 4.46. The molecule has 2 rings (SSSR count). The maximum absolute atomic E-state index is 6.10. The van der Waals surface area contributed by atoms with Crippen LogP contribution in [-0.2, 0) is 13.1 Å². The Morgan fingerprint density at radius 1 is 1.29 bits per heavy atom. The van der Waals surface area contributed by atoms with Crippen LogP contribution in [0, 0.1) is 6.92 Å². The van der Waals surface area contributed by atoms with E-state index in [2.05, 4.69) is 50.9 Å².